The van der Waals surface area contributed by atoms with Crippen LogP contribution in [0.3, 0.4) is 0 Å². The number of carbonyl (C=O) groups excluding carboxylic acids is 2. The molecule has 0 bridgehead atoms. The molecule has 5 heteroatoms. The Hall–Kier alpha value is -0.721. The monoisotopic (exact) mass is 147 g/mol. The number of hydrogen-bond donors (Lipinski definition) is 0. The zero-order valence-corrected chi connectivity index (χ0v) is 3.95. The topological polar surface area (TPSA) is 78.7 Å². The minimum Gasteiger partial charge on any atom is -0.724 e. The van der Waals surface area contributed by atoms with Gasteiger partial charge in [-0.15, -0.1) is 0 Å². The van der Waals surface area contributed by atoms with Crippen LogP contribution in [-0.4, -0.2) is 12.2 Å². The molecule has 0 amide bonds. The second-order valence-electron chi connectivity index (χ2n) is 0.183. The average Bonchev–Trinajstić information content (AvgIpc) is 1.39. The maximum atomic E-state index is 8.24. The van der Waals surface area contributed by atoms with Crippen LogP contribution in [0.5, 0.6) is 0 Å². The van der Waals surface area contributed by atoms with Gasteiger partial charge in [0.25, 0.3) is 0 Å². The Morgan fingerprint density at radius 1 is 1.00 bits per heavy atom. The molecule has 1 radical (unpaired) electrons. The van der Waals surface area contributed by atoms with Crippen molar-refractivity contribution in [3.05, 3.63) is 10.8 Å². The molecule has 0 saturated carbocycles. The Morgan fingerprint density at radius 3 is 1.00 bits per heavy atom. The van der Waals surface area contributed by atoms with Crippen LogP contribution in [0.25, 0.3) is 10.8 Å². The van der Waals surface area contributed by atoms with Gasteiger partial charge in [0.2, 0.25) is 0 Å². The predicted molar refractivity (Wildman–Crippen MR) is 18.1 cm³/mol. The summed E-state index contributed by atoms with van der Waals surface area (Å²) in [6.45, 7) is 0. The van der Waals surface area contributed by atoms with Crippen molar-refractivity contribution in [2.45, 2.75) is 0 Å². The third kappa shape index (κ3) is 109. The van der Waals surface area contributed by atoms with E-state index in [1.165, 1.54) is 0 Å². The molecule has 0 spiro atoms. The van der Waals surface area contributed by atoms with Crippen LogP contribution in [0, 0.1) is 0 Å². The van der Waals surface area contributed by atoms with Crippen molar-refractivity contribution < 1.29 is 26.7 Å². The summed E-state index contributed by atoms with van der Waals surface area (Å²) in [6.07, 6.45) is 1.00. The van der Waals surface area contributed by atoms with Gasteiger partial charge in [-0.3, -0.25) is 9.59 Å². The van der Waals surface area contributed by atoms with Gasteiger partial charge in [0.1, 0.15) is 0 Å². The van der Waals surface area contributed by atoms with Crippen molar-refractivity contribution in [2.24, 2.45) is 0 Å². The zero-order chi connectivity index (χ0) is 5.41. The fraction of sp³-hybridized carbons (Fsp3) is 0. The van der Waals surface area contributed by atoms with E-state index in [0.717, 1.165) is 0 Å². The van der Waals surface area contributed by atoms with Crippen molar-refractivity contribution in [1.29, 1.82) is 0 Å². The molecule has 0 aliphatic rings. The fourth-order valence-electron chi connectivity index (χ4n) is 0. The molecule has 0 saturated heterocycles. The van der Waals surface area contributed by atoms with E-state index in [2.05, 4.69) is 0 Å². The summed E-state index contributed by atoms with van der Waals surface area (Å²) in [5, 5.41) is 13.5. The van der Waals surface area contributed by atoms with Crippen molar-refractivity contribution in [1.82, 2.24) is 0 Å². The van der Waals surface area contributed by atoms with Gasteiger partial charge in [-0.05, 0) is 12.2 Å². The standard InChI is InChI=1S/2CNO.Cu/c2*2-1-3;/q2*-1;+2. The van der Waals surface area contributed by atoms with Gasteiger partial charge in [0, 0.05) is 0 Å². The second-order valence-corrected chi connectivity index (χ2v) is 0.183. The van der Waals surface area contributed by atoms with Crippen LogP contribution >= 0.6 is 0 Å². The van der Waals surface area contributed by atoms with E-state index in [9.17, 15) is 0 Å². The third-order valence-corrected chi connectivity index (χ3v) is 0. The van der Waals surface area contributed by atoms with Crippen molar-refractivity contribution >= 4 is 12.2 Å². The van der Waals surface area contributed by atoms with Gasteiger partial charge in [-0.2, -0.15) is 0 Å². The van der Waals surface area contributed by atoms with E-state index in [1.807, 2.05) is 0 Å². The summed E-state index contributed by atoms with van der Waals surface area (Å²) in [4.78, 5) is 16.5. The average molecular weight is 148 g/mol. The van der Waals surface area contributed by atoms with Gasteiger partial charge in [0.05, 0.1) is 0 Å². The van der Waals surface area contributed by atoms with E-state index in [1.54, 1.807) is 0 Å². The zero-order valence-electron chi connectivity index (χ0n) is 3.01. The van der Waals surface area contributed by atoms with Gasteiger partial charge < -0.3 is 10.8 Å². The first-order valence-electron chi connectivity index (χ1n) is 0.855. The molecule has 7 heavy (non-hydrogen) atoms. The molecule has 41 valence electrons. The molecule has 0 aliphatic carbocycles. The van der Waals surface area contributed by atoms with Crippen LogP contribution in [0.15, 0.2) is 0 Å². The Bertz CT molecular complexity index is 67.7. The maximum Gasteiger partial charge on any atom is 2.00 e. The molecule has 4 nitrogen and oxygen atoms in total. The molecule has 0 atom stereocenters. The minimum atomic E-state index is 0. The summed E-state index contributed by atoms with van der Waals surface area (Å²) in [6, 6.07) is 0. The van der Waals surface area contributed by atoms with E-state index in [4.69, 9.17) is 20.4 Å². The maximum absolute atomic E-state index is 8.24. The van der Waals surface area contributed by atoms with E-state index in [-0.39, 0.29) is 17.1 Å². The Kier molecular flexibility index (Phi) is 137. The molecule has 0 aromatic heterocycles. The van der Waals surface area contributed by atoms with Gasteiger partial charge in [-0.25, -0.2) is 0 Å². The van der Waals surface area contributed by atoms with Crippen LogP contribution in [-0.2, 0) is 26.7 Å². The summed E-state index contributed by atoms with van der Waals surface area (Å²) in [5.74, 6) is 0. The van der Waals surface area contributed by atoms with Crippen LogP contribution in [0.2, 0.25) is 0 Å². The van der Waals surface area contributed by atoms with Gasteiger partial charge in [-0.1, -0.05) is 0 Å². The van der Waals surface area contributed by atoms with Crippen molar-refractivity contribution in [3.63, 3.8) is 0 Å². The first-order valence-corrected chi connectivity index (χ1v) is 0.855. The van der Waals surface area contributed by atoms with Crippen molar-refractivity contribution in [2.75, 3.05) is 0 Å². The fourth-order valence-corrected chi connectivity index (χ4v) is 0. The second kappa shape index (κ2) is 59.1. The molecule has 0 aliphatic heterocycles. The number of isocyanates is 2. The number of rotatable bonds is 0. The molecular formula is C2CuN2O2. The normalized spacial score (nSPS) is 2.29. The van der Waals surface area contributed by atoms with Crippen molar-refractivity contribution in [3.8, 4) is 0 Å². The Morgan fingerprint density at radius 2 is 1.00 bits per heavy atom. The smallest absolute Gasteiger partial charge is 0.724 e. The quantitative estimate of drug-likeness (QED) is 0.270. The first-order chi connectivity index (χ1) is 2.83. The molecule has 0 rings (SSSR count). The Labute approximate surface area is 50.4 Å². The molecule has 0 fully saturated rings. The summed E-state index contributed by atoms with van der Waals surface area (Å²) in [5.41, 5.74) is 0. The SMILES string of the molecule is [Cu+2].[N-]=C=O.[N-]=C=O. The molecule has 0 unspecified atom stereocenters. The predicted octanol–water partition coefficient (Wildman–Crippen LogP) is -0.219. The third-order valence-electron chi connectivity index (χ3n) is 0. The van der Waals surface area contributed by atoms with Crippen LogP contribution in [0.1, 0.15) is 0 Å². The summed E-state index contributed by atoms with van der Waals surface area (Å²) < 4.78 is 0. The van der Waals surface area contributed by atoms with E-state index >= 15 is 0 Å². The molecular weight excluding hydrogens is 148 g/mol. The molecule has 0 aromatic rings. The molecule has 0 heterocycles. The molecule has 0 aromatic carbocycles. The van der Waals surface area contributed by atoms with E-state index in [0.29, 0.717) is 12.2 Å². The Balaban J connectivity index is -0.0000000400. The summed E-state index contributed by atoms with van der Waals surface area (Å²) in [7, 11) is 0. The largest absolute Gasteiger partial charge is 2.00 e. The molecule has 0 N–H and O–H groups in total. The van der Waals surface area contributed by atoms with Crippen LogP contribution in [0.4, 0.5) is 0 Å². The van der Waals surface area contributed by atoms with E-state index < -0.39 is 0 Å². The van der Waals surface area contributed by atoms with Gasteiger partial charge in [0.15, 0.2) is 0 Å². The van der Waals surface area contributed by atoms with Crippen LogP contribution < -0.4 is 0 Å². The number of hydrogen-bond acceptors (Lipinski definition) is 2. The minimum absolute atomic E-state index is 0. The number of nitrogens with zero attached hydrogens (tertiary/aromatic N) is 2. The first kappa shape index (κ1) is 16.3. The summed E-state index contributed by atoms with van der Waals surface area (Å²) >= 11 is 0. The van der Waals surface area contributed by atoms with Gasteiger partial charge >= 0.3 is 17.1 Å².